The summed E-state index contributed by atoms with van der Waals surface area (Å²) in [6.45, 7) is 2.25. The molecule has 0 radical (unpaired) electrons. The van der Waals surface area contributed by atoms with Gasteiger partial charge in [-0.2, -0.15) is 0 Å². The van der Waals surface area contributed by atoms with Crippen LogP contribution in [0, 0.1) is 28.6 Å². The number of ketones is 2. The highest BCUT2D eigenvalue weighted by molar-refractivity contribution is 14.1. The Hall–Kier alpha value is -0.190. The van der Waals surface area contributed by atoms with E-state index in [4.69, 9.17) is 0 Å². The molecule has 0 aromatic carbocycles. The van der Waals surface area contributed by atoms with Crippen LogP contribution >= 0.6 is 22.6 Å². The number of rotatable bonds is 1. The average molecular weight is 412 g/mol. The van der Waals surface area contributed by atoms with Gasteiger partial charge in [0.25, 0.3) is 0 Å². The van der Waals surface area contributed by atoms with E-state index < -0.39 is 0 Å². The van der Waals surface area contributed by atoms with Gasteiger partial charge in [0.2, 0.25) is 0 Å². The predicted octanol–water partition coefficient (Wildman–Crippen LogP) is 4.50. The zero-order chi connectivity index (χ0) is 15.5. The minimum Gasteiger partial charge on any atom is -0.299 e. The van der Waals surface area contributed by atoms with Crippen molar-refractivity contribution in [3.63, 3.8) is 0 Å². The molecule has 0 aliphatic heterocycles. The lowest BCUT2D eigenvalue weighted by Crippen LogP contribution is -2.52. The summed E-state index contributed by atoms with van der Waals surface area (Å²) >= 11 is 2.56. The van der Waals surface area contributed by atoms with Crippen molar-refractivity contribution in [3.8, 4) is 0 Å². The number of alkyl halides is 1. The zero-order valence-electron chi connectivity index (χ0n) is 13.4. The molecule has 0 spiro atoms. The molecule has 3 saturated carbocycles. The Labute approximate surface area is 146 Å². The van der Waals surface area contributed by atoms with E-state index in [1.54, 1.807) is 0 Å². The summed E-state index contributed by atoms with van der Waals surface area (Å²) in [5.74, 6) is 2.90. The first-order valence-electron chi connectivity index (χ1n) is 8.84. The van der Waals surface area contributed by atoms with Gasteiger partial charge in [0.15, 0.2) is 5.78 Å². The van der Waals surface area contributed by atoms with Gasteiger partial charge in [0.05, 0.1) is 0 Å². The lowest BCUT2D eigenvalue weighted by Gasteiger charge is -2.57. The van der Waals surface area contributed by atoms with Crippen molar-refractivity contribution in [2.45, 2.75) is 58.3 Å². The summed E-state index contributed by atoms with van der Waals surface area (Å²) in [7, 11) is 0. The molecule has 4 aliphatic carbocycles. The van der Waals surface area contributed by atoms with E-state index in [9.17, 15) is 9.59 Å². The second-order valence-electron chi connectivity index (χ2n) is 8.26. The van der Waals surface area contributed by atoms with Crippen LogP contribution in [0.4, 0.5) is 0 Å². The fraction of sp³-hybridized carbons (Fsp3) is 0.789. The molecule has 0 unspecified atom stereocenters. The molecule has 0 amide bonds. The Bertz CT molecular complexity index is 566. The molecule has 0 N–H and O–H groups in total. The van der Waals surface area contributed by atoms with Crippen LogP contribution in [0.2, 0.25) is 0 Å². The van der Waals surface area contributed by atoms with Crippen molar-refractivity contribution in [2.75, 3.05) is 4.43 Å². The molecule has 22 heavy (non-hydrogen) atoms. The molecule has 2 nitrogen and oxygen atoms in total. The number of carbonyl (C=O) groups excluding carboxylic acids is 2. The molecule has 5 atom stereocenters. The highest BCUT2D eigenvalue weighted by Gasteiger charge is 2.59. The zero-order valence-corrected chi connectivity index (χ0v) is 15.5. The molecule has 0 aromatic rings. The minimum atomic E-state index is -0.0284. The van der Waals surface area contributed by atoms with E-state index in [2.05, 4.69) is 29.5 Å². The highest BCUT2D eigenvalue weighted by Crippen LogP contribution is 2.64. The maximum Gasteiger partial charge on any atom is 0.155 e. The number of fused-ring (bicyclic) bond motifs is 5. The average Bonchev–Trinajstić information content (AvgIpc) is 2.82. The van der Waals surface area contributed by atoms with Gasteiger partial charge >= 0.3 is 0 Å². The third-order valence-corrected chi connectivity index (χ3v) is 8.99. The maximum atomic E-state index is 12.4. The van der Waals surface area contributed by atoms with E-state index in [1.165, 1.54) is 18.4 Å². The van der Waals surface area contributed by atoms with Crippen LogP contribution < -0.4 is 0 Å². The number of halogens is 1. The summed E-state index contributed by atoms with van der Waals surface area (Å²) in [6.07, 6.45) is 10.3. The summed E-state index contributed by atoms with van der Waals surface area (Å²) < 4.78 is 1.14. The molecular weight excluding hydrogens is 387 g/mol. The Kier molecular flexibility index (Phi) is 3.59. The number of carbonyl (C=O) groups is 2. The molecular formula is C19H25IO2. The van der Waals surface area contributed by atoms with Gasteiger partial charge < -0.3 is 0 Å². The summed E-state index contributed by atoms with van der Waals surface area (Å²) in [6, 6.07) is 0. The largest absolute Gasteiger partial charge is 0.299 e. The molecule has 4 rings (SSSR count). The van der Waals surface area contributed by atoms with Crippen LogP contribution in [-0.4, -0.2) is 16.0 Å². The SMILES string of the molecule is C[C@]12CC[C@H]3[C@H](CCC4=CC(=O)CC[C@]43CI)[C@@H]1CCC2=O. The van der Waals surface area contributed by atoms with Gasteiger partial charge in [-0.05, 0) is 62.4 Å². The lowest BCUT2D eigenvalue weighted by molar-refractivity contribution is -0.132. The Morgan fingerprint density at radius 3 is 2.68 bits per heavy atom. The molecule has 3 fully saturated rings. The van der Waals surface area contributed by atoms with Gasteiger partial charge in [0, 0.05) is 28.1 Å². The van der Waals surface area contributed by atoms with Crippen LogP contribution in [0.15, 0.2) is 11.6 Å². The molecule has 3 heteroatoms. The van der Waals surface area contributed by atoms with Gasteiger partial charge in [-0.15, -0.1) is 0 Å². The standard InChI is InChI=1S/C19H25IO2/c1-18-8-7-16-14(15(18)4-5-17(18)22)3-2-12-10-13(21)6-9-19(12,16)11-20/h10,14-16H,2-9,11H2,1H3/t14-,15+,16+,18+,19+/m1/s1. The van der Waals surface area contributed by atoms with Crippen molar-refractivity contribution in [3.05, 3.63) is 11.6 Å². The smallest absolute Gasteiger partial charge is 0.155 e. The Balaban J connectivity index is 1.73. The first kappa shape index (κ1) is 15.3. The molecule has 0 heterocycles. The minimum absolute atomic E-state index is 0.0284. The summed E-state index contributed by atoms with van der Waals surface area (Å²) in [5.41, 5.74) is 1.69. The van der Waals surface area contributed by atoms with E-state index in [0.29, 0.717) is 29.3 Å². The third-order valence-electron chi connectivity index (χ3n) is 7.63. The number of Topliss-reactive ketones (excluding diaryl/α,β-unsaturated/α-hetero) is 1. The maximum absolute atomic E-state index is 12.4. The topological polar surface area (TPSA) is 34.1 Å². The van der Waals surface area contributed by atoms with Gasteiger partial charge in [0.1, 0.15) is 5.78 Å². The van der Waals surface area contributed by atoms with Crippen molar-refractivity contribution in [1.82, 2.24) is 0 Å². The first-order chi connectivity index (χ1) is 10.5. The van der Waals surface area contributed by atoms with Crippen LogP contribution in [0.3, 0.4) is 0 Å². The first-order valence-corrected chi connectivity index (χ1v) is 10.4. The fourth-order valence-electron chi connectivity index (χ4n) is 6.38. The van der Waals surface area contributed by atoms with E-state index >= 15 is 0 Å². The van der Waals surface area contributed by atoms with Crippen LogP contribution in [0.25, 0.3) is 0 Å². The van der Waals surface area contributed by atoms with Crippen molar-refractivity contribution in [2.24, 2.45) is 28.6 Å². The normalized spacial score (nSPS) is 47.5. The van der Waals surface area contributed by atoms with Crippen LogP contribution in [0.1, 0.15) is 58.3 Å². The second-order valence-corrected chi connectivity index (χ2v) is 9.02. The summed E-state index contributed by atoms with van der Waals surface area (Å²) in [5, 5.41) is 0. The van der Waals surface area contributed by atoms with Crippen LogP contribution in [-0.2, 0) is 9.59 Å². The van der Waals surface area contributed by atoms with Gasteiger partial charge in [-0.25, -0.2) is 0 Å². The number of hydrogen-bond donors (Lipinski definition) is 0. The lowest BCUT2D eigenvalue weighted by atomic mass is 9.47. The number of allylic oxidation sites excluding steroid dienone is 1. The molecule has 0 saturated heterocycles. The van der Waals surface area contributed by atoms with Crippen molar-refractivity contribution >= 4 is 34.2 Å². The molecule has 4 aliphatic rings. The fourth-order valence-corrected chi connectivity index (χ4v) is 7.82. The Morgan fingerprint density at radius 2 is 1.91 bits per heavy atom. The Morgan fingerprint density at radius 1 is 1.09 bits per heavy atom. The van der Waals surface area contributed by atoms with Gasteiger partial charge in [-0.3, -0.25) is 9.59 Å². The monoisotopic (exact) mass is 412 g/mol. The van der Waals surface area contributed by atoms with E-state index in [0.717, 1.165) is 43.0 Å². The van der Waals surface area contributed by atoms with E-state index in [1.807, 2.05) is 6.08 Å². The van der Waals surface area contributed by atoms with E-state index in [-0.39, 0.29) is 10.8 Å². The molecule has 0 aromatic heterocycles. The second kappa shape index (κ2) is 5.15. The highest BCUT2D eigenvalue weighted by atomic mass is 127. The van der Waals surface area contributed by atoms with Gasteiger partial charge in [-0.1, -0.05) is 35.1 Å². The predicted molar refractivity (Wildman–Crippen MR) is 94.9 cm³/mol. The third kappa shape index (κ3) is 1.90. The number of hydrogen-bond acceptors (Lipinski definition) is 2. The quantitative estimate of drug-likeness (QED) is 0.470. The van der Waals surface area contributed by atoms with Crippen molar-refractivity contribution < 1.29 is 9.59 Å². The van der Waals surface area contributed by atoms with Crippen molar-refractivity contribution in [1.29, 1.82) is 0 Å². The van der Waals surface area contributed by atoms with Crippen LogP contribution in [0.5, 0.6) is 0 Å². The molecule has 120 valence electrons. The molecule has 0 bridgehead atoms. The summed E-state index contributed by atoms with van der Waals surface area (Å²) in [4.78, 5) is 24.3.